The number of rotatable bonds is 5. The van der Waals surface area contributed by atoms with Gasteiger partial charge < -0.3 is 4.90 Å². The van der Waals surface area contributed by atoms with Gasteiger partial charge in [-0.3, -0.25) is 9.69 Å². The van der Waals surface area contributed by atoms with Crippen molar-refractivity contribution in [2.24, 2.45) is 11.8 Å². The van der Waals surface area contributed by atoms with E-state index in [1.54, 1.807) is 12.1 Å². The van der Waals surface area contributed by atoms with Gasteiger partial charge in [0.2, 0.25) is 5.91 Å². The minimum Gasteiger partial charge on any atom is -0.345 e. The van der Waals surface area contributed by atoms with E-state index in [1.807, 2.05) is 18.0 Å². The zero-order valence-corrected chi connectivity index (χ0v) is 14.9. The first-order valence-electron chi connectivity index (χ1n) is 9.22. The van der Waals surface area contributed by atoms with Gasteiger partial charge in [0.25, 0.3) is 0 Å². The lowest BCUT2D eigenvalue weighted by Gasteiger charge is -2.35. The first kappa shape index (κ1) is 17.9. The number of benzene rings is 1. The van der Waals surface area contributed by atoms with E-state index >= 15 is 0 Å². The second-order valence-corrected chi connectivity index (χ2v) is 7.48. The number of likely N-dealkylation sites (tertiary alicyclic amines) is 1. The van der Waals surface area contributed by atoms with Crippen LogP contribution in [-0.2, 0) is 11.3 Å². The molecule has 1 aromatic carbocycles. The van der Waals surface area contributed by atoms with E-state index in [4.69, 9.17) is 5.26 Å². The molecule has 2 fully saturated rings. The van der Waals surface area contributed by atoms with Crippen LogP contribution < -0.4 is 0 Å². The van der Waals surface area contributed by atoms with Crippen LogP contribution in [0.4, 0.5) is 4.39 Å². The quantitative estimate of drug-likeness (QED) is 0.825. The maximum absolute atomic E-state index is 14.0. The van der Waals surface area contributed by atoms with E-state index in [0.717, 1.165) is 45.3 Å². The predicted molar refractivity (Wildman–Crippen MR) is 94.1 cm³/mol. The molecule has 0 unspecified atom stereocenters. The van der Waals surface area contributed by atoms with Crippen LogP contribution in [0.5, 0.6) is 0 Å². The van der Waals surface area contributed by atoms with Gasteiger partial charge in [0.15, 0.2) is 0 Å². The summed E-state index contributed by atoms with van der Waals surface area (Å²) < 4.78 is 14.0. The summed E-state index contributed by atoms with van der Waals surface area (Å²) in [5.74, 6) is 0.820. The van der Waals surface area contributed by atoms with Gasteiger partial charge in [-0.1, -0.05) is 12.5 Å². The smallest absolute Gasteiger partial charge is 0.225 e. The number of amides is 1. The molecule has 0 atom stereocenters. The average Bonchev–Trinajstić information content (AvgIpc) is 2.56. The molecule has 1 aromatic rings. The third kappa shape index (κ3) is 4.38. The van der Waals surface area contributed by atoms with Gasteiger partial charge in [-0.15, -0.1) is 0 Å². The Kier molecular flexibility index (Phi) is 5.70. The molecule has 1 aliphatic heterocycles. The van der Waals surface area contributed by atoms with Gasteiger partial charge in [0, 0.05) is 31.6 Å². The fourth-order valence-corrected chi connectivity index (χ4v) is 3.76. The zero-order valence-electron chi connectivity index (χ0n) is 14.9. The second kappa shape index (κ2) is 7.97. The van der Waals surface area contributed by atoms with Gasteiger partial charge in [-0.2, -0.15) is 5.26 Å². The maximum Gasteiger partial charge on any atom is 0.225 e. The lowest BCUT2D eigenvalue weighted by molar-refractivity contribution is -0.137. The van der Waals surface area contributed by atoms with Crippen molar-refractivity contribution in [1.29, 1.82) is 5.26 Å². The van der Waals surface area contributed by atoms with Gasteiger partial charge in [-0.05, 0) is 56.8 Å². The van der Waals surface area contributed by atoms with E-state index in [-0.39, 0.29) is 11.7 Å². The van der Waals surface area contributed by atoms with Crippen LogP contribution in [-0.4, -0.2) is 42.4 Å². The first-order valence-corrected chi connectivity index (χ1v) is 9.22. The van der Waals surface area contributed by atoms with E-state index in [1.165, 1.54) is 12.5 Å². The number of nitriles is 1. The largest absolute Gasteiger partial charge is 0.345 e. The molecule has 0 bridgehead atoms. The Bertz CT molecular complexity index is 657. The summed E-state index contributed by atoms with van der Waals surface area (Å²) in [5, 5.41) is 8.81. The van der Waals surface area contributed by atoms with E-state index in [0.29, 0.717) is 29.5 Å². The standard InChI is InChI=1S/C20H26FN3O/c1-23(20(25)17-3-2-4-17)13-15-7-9-24(10-8-15)14-18-6-5-16(12-22)11-19(18)21/h5-6,11,15,17H,2-4,7-10,13-14H2,1H3. The number of carbonyl (C=O) groups is 1. The molecule has 1 aliphatic carbocycles. The topological polar surface area (TPSA) is 47.3 Å². The molecule has 1 saturated carbocycles. The Hall–Kier alpha value is -1.93. The summed E-state index contributed by atoms with van der Waals surface area (Å²) in [4.78, 5) is 16.4. The van der Waals surface area contributed by atoms with Crippen molar-refractivity contribution in [2.45, 2.75) is 38.6 Å². The number of hydrogen-bond acceptors (Lipinski definition) is 3. The average molecular weight is 343 g/mol. The van der Waals surface area contributed by atoms with Gasteiger partial charge >= 0.3 is 0 Å². The van der Waals surface area contributed by atoms with E-state index < -0.39 is 0 Å². The number of halogens is 1. The Balaban J connectivity index is 1.45. The van der Waals surface area contributed by atoms with Crippen molar-refractivity contribution < 1.29 is 9.18 Å². The van der Waals surface area contributed by atoms with Crippen molar-refractivity contribution >= 4 is 5.91 Å². The predicted octanol–water partition coefficient (Wildman–Crippen LogP) is 3.17. The van der Waals surface area contributed by atoms with Crippen LogP contribution >= 0.6 is 0 Å². The number of hydrogen-bond donors (Lipinski definition) is 0. The monoisotopic (exact) mass is 343 g/mol. The molecular weight excluding hydrogens is 317 g/mol. The summed E-state index contributed by atoms with van der Waals surface area (Å²) >= 11 is 0. The van der Waals surface area contributed by atoms with Gasteiger partial charge in [0.1, 0.15) is 5.82 Å². The summed E-state index contributed by atoms with van der Waals surface area (Å²) in [6.45, 7) is 3.28. The summed E-state index contributed by atoms with van der Waals surface area (Å²) in [5.41, 5.74) is 1.01. The third-order valence-corrected chi connectivity index (χ3v) is 5.65. The lowest BCUT2D eigenvalue weighted by Crippen LogP contribution is -2.42. The molecule has 25 heavy (non-hydrogen) atoms. The van der Waals surface area contributed by atoms with Crippen LogP contribution in [0, 0.1) is 29.0 Å². The Morgan fingerprint density at radius 1 is 1.32 bits per heavy atom. The molecule has 1 heterocycles. The highest BCUT2D eigenvalue weighted by Gasteiger charge is 2.29. The molecule has 5 heteroatoms. The van der Waals surface area contributed by atoms with Crippen molar-refractivity contribution in [3.05, 3.63) is 35.1 Å². The SMILES string of the molecule is CN(CC1CCN(Cc2ccc(C#N)cc2F)CC1)C(=O)C1CCC1. The summed E-state index contributed by atoms with van der Waals surface area (Å²) in [6, 6.07) is 6.66. The fourth-order valence-electron chi connectivity index (χ4n) is 3.76. The normalized spacial score (nSPS) is 19.2. The van der Waals surface area contributed by atoms with Crippen LogP contribution in [0.3, 0.4) is 0 Å². The molecular formula is C20H26FN3O. The lowest BCUT2D eigenvalue weighted by atomic mass is 9.84. The van der Waals surface area contributed by atoms with E-state index in [9.17, 15) is 9.18 Å². The van der Waals surface area contributed by atoms with Crippen molar-refractivity contribution in [2.75, 3.05) is 26.7 Å². The molecule has 0 aromatic heterocycles. The molecule has 0 radical (unpaired) electrons. The summed E-state index contributed by atoms with van der Waals surface area (Å²) in [7, 11) is 1.93. The Labute approximate surface area is 149 Å². The highest BCUT2D eigenvalue weighted by molar-refractivity contribution is 5.79. The van der Waals surface area contributed by atoms with E-state index in [2.05, 4.69) is 4.90 Å². The molecule has 0 N–H and O–H groups in total. The second-order valence-electron chi connectivity index (χ2n) is 7.48. The Morgan fingerprint density at radius 2 is 2.04 bits per heavy atom. The zero-order chi connectivity index (χ0) is 17.8. The molecule has 3 rings (SSSR count). The van der Waals surface area contributed by atoms with Crippen LogP contribution in [0.2, 0.25) is 0 Å². The minimum absolute atomic E-state index is 0.268. The van der Waals surface area contributed by atoms with Gasteiger partial charge in [-0.25, -0.2) is 4.39 Å². The molecule has 4 nitrogen and oxygen atoms in total. The highest BCUT2D eigenvalue weighted by Crippen LogP contribution is 2.29. The number of carbonyl (C=O) groups excluding carboxylic acids is 1. The number of nitrogens with zero attached hydrogens (tertiary/aromatic N) is 3. The fraction of sp³-hybridized carbons (Fsp3) is 0.600. The van der Waals surface area contributed by atoms with Gasteiger partial charge in [0.05, 0.1) is 11.6 Å². The molecule has 134 valence electrons. The molecule has 2 aliphatic rings. The molecule has 1 saturated heterocycles. The van der Waals surface area contributed by atoms with Crippen molar-refractivity contribution in [1.82, 2.24) is 9.80 Å². The van der Waals surface area contributed by atoms with Crippen LogP contribution in [0.15, 0.2) is 18.2 Å². The van der Waals surface area contributed by atoms with Crippen LogP contribution in [0.25, 0.3) is 0 Å². The molecule has 1 amide bonds. The maximum atomic E-state index is 14.0. The Morgan fingerprint density at radius 3 is 2.60 bits per heavy atom. The third-order valence-electron chi connectivity index (χ3n) is 5.65. The number of piperidine rings is 1. The van der Waals surface area contributed by atoms with Crippen molar-refractivity contribution in [3.8, 4) is 6.07 Å². The highest BCUT2D eigenvalue weighted by atomic mass is 19.1. The minimum atomic E-state index is -0.299. The van der Waals surface area contributed by atoms with Crippen molar-refractivity contribution in [3.63, 3.8) is 0 Å². The van der Waals surface area contributed by atoms with Crippen LogP contribution in [0.1, 0.15) is 43.2 Å². The molecule has 0 spiro atoms. The summed E-state index contributed by atoms with van der Waals surface area (Å²) in [6.07, 6.45) is 5.38. The first-order chi connectivity index (χ1) is 12.1.